The Morgan fingerprint density at radius 2 is 2.33 bits per heavy atom. The van der Waals surface area contributed by atoms with Crippen molar-refractivity contribution in [2.75, 3.05) is 19.8 Å². The maximum Gasteiger partial charge on any atom is 0.220 e. The highest BCUT2D eigenvalue weighted by molar-refractivity contribution is 5.76. The first-order valence-electron chi connectivity index (χ1n) is 5.79. The van der Waals surface area contributed by atoms with Crippen LogP contribution in [-0.2, 0) is 9.53 Å². The average molecular weight is 214 g/mol. The van der Waals surface area contributed by atoms with Gasteiger partial charge < -0.3 is 15.4 Å². The number of hydrogen-bond donors (Lipinski definition) is 2. The third-order valence-electron chi connectivity index (χ3n) is 2.43. The first-order chi connectivity index (χ1) is 7.18. The molecule has 15 heavy (non-hydrogen) atoms. The molecule has 1 amide bonds. The predicted octanol–water partition coefficient (Wildman–Crippen LogP) is 0.670. The maximum atomic E-state index is 11.4. The highest BCUT2D eigenvalue weighted by Gasteiger charge is 2.17. The predicted molar refractivity (Wildman–Crippen MR) is 59.7 cm³/mol. The van der Waals surface area contributed by atoms with Crippen LogP contribution < -0.4 is 10.6 Å². The third kappa shape index (κ3) is 5.74. The Balaban J connectivity index is 1.98. The average Bonchev–Trinajstić information content (AvgIpc) is 2.64. The minimum atomic E-state index is 0.149. The molecule has 1 aliphatic heterocycles. The summed E-state index contributed by atoms with van der Waals surface area (Å²) in [6, 6.07) is 0.742. The molecule has 2 N–H and O–H groups in total. The van der Waals surface area contributed by atoms with Gasteiger partial charge in [-0.15, -0.1) is 0 Å². The van der Waals surface area contributed by atoms with E-state index >= 15 is 0 Å². The molecule has 0 aromatic rings. The maximum absolute atomic E-state index is 11.4. The van der Waals surface area contributed by atoms with Crippen LogP contribution in [0, 0.1) is 0 Å². The lowest BCUT2D eigenvalue weighted by Crippen LogP contribution is -2.35. The topological polar surface area (TPSA) is 50.4 Å². The Morgan fingerprint density at radius 1 is 1.53 bits per heavy atom. The van der Waals surface area contributed by atoms with Crippen LogP contribution in [0.3, 0.4) is 0 Å². The van der Waals surface area contributed by atoms with Gasteiger partial charge in [0.1, 0.15) is 0 Å². The van der Waals surface area contributed by atoms with Crippen LogP contribution in [0.2, 0.25) is 0 Å². The van der Waals surface area contributed by atoms with E-state index in [1.807, 2.05) is 0 Å². The zero-order chi connectivity index (χ0) is 11.1. The Morgan fingerprint density at radius 3 is 2.93 bits per heavy atom. The molecule has 1 rings (SSSR count). The van der Waals surface area contributed by atoms with Crippen LogP contribution in [0.4, 0.5) is 0 Å². The highest BCUT2D eigenvalue weighted by Crippen LogP contribution is 2.03. The van der Waals surface area contributed by atoms with Gasteiger partial charge in [-0.25, -0.2) is 0 Å². The molecule has 1 aliphatic rings. The summed E-state index contributed by atoms with van der Waals surface area (Å²) in [4.78, 5) is 11.4. The number of ether oxygens (including phenoxy) is 1. The summed E-state index contributed by atoms with van der Waals surface area (Å²) in [7, 11) is 0. The fraction of sp³-hybridized carbons (Fsp3) is 0.909. The molecule has 0 saturated carbocycles. The van der Waals surface area contributed by atoms with Gasteiger partial charge in [0.15, 0.2) is 0 Å². The normalized spacial score (nSPS) is 20.9. The summed E-state index contributed by atoms with van der Waals surface area (Å²) in [5.74, 6) is 0.149. The van der Waals surface area contributed by atoms with Crippen molar-refractivity contribution in [1.29, 1.82) is 0 Å². The Bertz CT molecular complexity index is 189. The van der Waals surface area contributed by atoms with Crippen LogP contribution in [0.15, 0.2) is 0 Å². The standard InChI is InChI=1S/C11H22N2O2/c1-9(2)12-6-3-4-11(14)13-10-5-7-15-8-10/h9-10,12H,3-8H2,1-2H3,(H,13,14). The Kier molecular flexibility index (Phi) is 5.65. The van der Waals surface area contributed by atoms with Gasteiger partial charge in [-0.1, -0.05) is 13.8 Å². The Hall–Kier alpha value is -0.610. The van der Waals surface area contributed by atoms with Crippen molar-refractivity contribution in [3.8, 4) is 0 Å². The van der Waals surface area contributed by atoms with Crippen molar-refractivity contribution in [3.05, 3.63) is 0 Å². The van der Waals surface area contributed by atoms with Crippen molar-refractivity contribution in [1.82, 2.24) is 10.6 Å². The molecule has 1 heterocycles. The summed E-state index contributed by atoms with van der Waals surface area (Å²) in [5, 5.41) is 6.27. The molecule has 0 spiro atoms. The SMILES string of the molecule is CC(C)NCCCC(=O)NC1CCOC1. The lowest BCUT2D eigenvalue weighted by molar-refractivity contribution is -0.121. The molecular weight excluding hydrogens is 192 g/mol. The molecule has 1 atom stereocenters. The lowest BCUT2D eigenvalue weighted by Gasteiger charge is -2.11. The van der Waals surface area contributed by atoms with Crippen LogP contribution >= 0.6 is 0 Å². The zero-order valence-electron chi connectivity index (χ0n) is 9.71. The van der Waals surface area contributed by atoms with Gasteiger partial charge >= 0.3 is 0 Å². The summed E-state index contributed by atoms with van der Waals surface area (Å²) < 4.78 is 5.19. The molecule has 0 aromatic carbocycles. The molecule has 1 saturated heterocycles. The highest BCUT2D eigenvalue weighted by atomic mass is 16.5. The largest absolute Gasteiger partial charge is 0.379 e. The fourth-order valence-corrected chi connectivity index (χ4v) is 1.59. The quantitative estimate of drug-likeness (QED) is 0.639. The van der Waals surface area contributed by atoms with Crippen molar-refractivity contribution < 1.29 is 9.53 Å². The van der Waals surface area contributed by atoms with E-state index in [-0.39, 0.29) is 11.9 Å². The molecule has 0 aromatic heterocycles. The van der Waals surface area contributed by atoms with Gasteiger partial charge in [0.05, 0.1) is 12.6 Å². The van der Waals surface area contributed by atoms with E-state index in [1.54, 1.807) is 0 Å². The number of hydrogen-bond acceptors (Lipinski definition) is 3. The molecule has 4 heteroatoms. The molecule has 0 radical (unpaired) electrons. The number of carbonyl (C=O) groups excluding carboxylic acids is 1. The van der Waals surface area contributed by atoms with Crippen molar-refractivity contribution in [2.45, 2.75) is 45.2 Å². The van der Waals surface area contributed by atoms with E-state index in [2.05, 4.69) is 24.5 Å². The van der Waals surface area contributed by atoms with E-state index in [1.165, 1.54) is 0 Å². The van der Waals surface area contributed by atoms with E-state index in [0.29, 0.717) is 19.1 Å². The molecule has 0 bridgehead atoms. The minimum absolute atomic E-state index is 0.149. The van der Waals surface area contributed by atoms with Crippen LogP contribution in [-0.4, -0.2) is 37.7 Å². The number of carbonyl (C=O) groups is 1. The van der Waals surface area contributed by atoms with Gasteiger partial charge in [-0.05, 0) is 19.4 Å². The minimum Gasteiger partial charge on any atom is -0.379 e. The third-order valence-corrected chi connectivity index (χ3v) is 2.43. The van der Waals surface area contributed by atoms with Crippen LogP contribution in [0.25, 0.3) is 0 Å². The first kappa shape index (κ1) is 12.5. The van der Waals surface area contributed by atoms with Crippen LogP contribution in [0.5, 0.6) is 0 Å². The second-order valence-electron chi connectivity index (χ2n) is 4.34. The van der Waals surface area contributed by atoms with Gasteiger partial charge in [0.25, 0.3) is 0 Å². The van der Waals surface area contributed by atoms with Crippen molar-refractivity contribution >= 4 is 5.91 Å². The molecule has 1 unspecified atom stereocenters. The number of rotatable bonds is 6. The molecule has 88 valence electrons. The second-order valence-corrected chi connectivity index (χ2v) is 4.34. The lowest BCUT2D eigenvalue weighted by atomic mass is 10.2. The summed E-state index contributed by atoms with van der Waals surface area (Å²) in [6.45, 7) is 6.58. The second kappa shape index (κ2) is 6.80. The summed E-state index contributed by atoms with van der Waals surface area (Å²) in [5.41, 5.74) is 0. The van der Waals surface area contributed by atoms with E-state index in [9.17, 15) is 4.79 Å². The molecule has 4 nitrogen and oxygen atoms in total. The van der Waals surface area contributed by atoms with Gasteiger partial charge in [0.2, 0.25) is 5.91 Å². The summed E-state index contributed by atoms with van der Waals surface area (Å²) in [6.07, 6.45) is 2.46. The van der Waals surface area contributed by atoms with Crippen LogP contribution in [0.1, 0.15) is 33.1 Å². The van der Waals surface area contributed by atoms with Crippen molar-refractivity contribution in [3.63, 3.8) is 0 Å². The van der Waals surface area contributed by atoms with Crippen molar-refractivity contribution in [2.24, 2.45) is 0 Å². The van der Waals surface area contributed by atoms with Gasteiger partial charge in [-0.3, -0.25) is 4.79 Å². The molecular formula is C11H22N2O2. The zero-order valence-corrected chi connectivity index (χ0v) is 9.71. The van der Waals surface area contributed by atoms with E-state index in [0.717, 1.165) is 26.0 Å². The number of amides is 1. The van der Waals surface area contributed by atoms with Gasteiger partial charge in [0, 0.05) is 19.1 Å². The first-order valence-corrected chi connectivity index (χ1v) is 5.79. The van der Waals surface area contributed by atoms with E-state index < -0.39 is 0 Å². The van der Waals surface area contributed by atoms with Gasteiger partial charge in [-0.2, -0.15) is 0 Å². The summed E-state index contributed by atoms with van der Waals surface area (Å²) >= 11 is 0. The Labute approximate surface area is 91.8 Å². The molecule has 0 aliphatic carbocycles. The smallest absolute Gasteiger partial charge is 0.220 e. The molecule has 1 fully saturated rings. The number of nitrogens with one attached hydrogen (secondary N) is 2. The monoisotopic (exact) mass is 214 g/mol. The van der Waals surface area contributed by atoms with E-state index in [4.69, 9.17) is 4.74 Å². The fourth-order valence-electron chi connectivity index (χ4n) is 1.59.